The molecule has 3 aromatic rings. The number of hydrogen-bond acceptors (Lipinski definition) is 4. The summed E-state index contributed by atoms with van der Waals surface area (Å²) in [4.78, 5) is 2.74. The van der Waals surface area contributed by atoms with Gasteiger partial charge in [0.15, 0.2) is 0 Å². The van der Waals surface area contributed by atoms with Gasteiger partial charge in [0.1, 0.15) is 11.4 Å². The summed E-state index contributed by atoms with van der Waals surface area (Å²) in [5.41, 5.74) is 4.32. The zero-order valence-electron chi connectivity index (χ0n) is 12.2. The number of nitrogens with one attached hydrogen (secondary N) is 2. The Morgan fingerprint density at radius 3 is 2.62 bits per heavy atom. The first-order chi connectivity index (χ1) is 10.2. The number of nitrogens with zero attached hydrogens (tertiary/aromatic N) is 2. The van der Waals surface area contributed by atoms with Crippen LogP contribution in [-0.2, 0) is 13.1 Å². The molecule has 3 rings (SSSR count). The van der Waals surface area contributed by atoms with E-state index in [1.165, 1.54) is 15.3 Å². The lowest BCUT2D eigenvalue weighted by atomic mass is 10.1. The number of aryl methyl sites for hydroxylation is 2. The van der Waals surface area contributed by atoms with Gasteiger partial charge in [0.05, 0.1) is 0 Å². The molecule has 0 aliphatic rings. The van der Waals surface area contributed by atoms with Crippen molar-refractivity contribution >= 4 is 11.3 Å². The molecule has 5 heteroatoms. The lowest BCUT2D eigenvalue weighted by Crippen LogP contribution is -2.12. The van der Waals surface area contributed by atoms with Crippen molar-refractivity contribution in [1.29, 1.82) is 0 Å². The molecule has 0 unspecified atom stereocenters. The van der Waals surface area contributed by atoms with Gasteiger partial charge < -0.3 is 5.32 Å². The highest BCUT2D eigenvalue weighted by atomic mass is 32.1. The van der Waals surface area contributed by atoms with E-state index in [1.54, 1.807) is 0 Å². The Bertz CT molecular complexity index is 695. The molecule has 0 radical (unpaired) electrons. The third-order valence-electron chi connectivity index (χ3n) is 3.48. The van der Waals surface area contributed by atoms with Crippen LogP contribution in [0.5, 0.6) is 0 Å². The standard InChI is InChI=1S/C16H18N4S/c1-11-8-14(21-12(11)2)9-17-10-15-16(19-20-18-15)13-6-4-3-5-7-13/h3-8,17H,9-10H2,1-2H3,(H,18,19,20). The number of H-pyrrole nitrogens is 1. The fourth-order valence-electron chi connectivity index (χ4n) is 2.24. The van der Waals surface area contributed by atoms with Gasteiger partial charge in [-0.3, -0.25) is 0 Å². The molecule has 21 heavy (non-hydrogen) atoms. The summed E-state index contributed by atoms with van der Waals surface area (Å²) in [6, 6.07) is 12.4. The van der Waals surface area contributed by atoms with Crippen LogP contribution in [0.25, 0.3) is 11.3 Å². The minimum Gasteiger partial charge on any atom is -0.306 e. The molecule has 2 heterocycles. The molecule has 108 valence electrons. The molecule has 2 aromatic heterocycles. The molecular weight excluding hydrogens is 280 g/mol. The van der Waals surface area contributed by atoms with E-state index in [2.05, 4.69) is 40.6 Å². The highest BCUT2D eigenvalue weighted by Gasteiger charge is 2.09. The summed E-state index contributed by atoms with van der Waals surface area (Å²) in [6.45, 7) is 5.88. The van der Waals surface area contributed by atoms with Gasteiger partial charge in [-0.25, -0.2) is 0 Å². The van der Waals surface area contributed by atoms with Crippen LogP contribution in [0.2, 0.25) is 0 Å². The maximum atomic E-state index is 4.26. The normalized spacial score (nSPS) is 11.0. The SMILES string of the molecule is Cc1cc(CNCc2n[nH]nc2-c2ccccc2)sc1C. The summed E-state index contributed by atoms with van der Waals surface area (Å²) in [7, 11) is 0. The van der Waals surface area contributed by atoms with Crippen LogP contribution in [0, 0.1) is 13.8 Å². The van der Waals surface area contributed by atoms with Crippen molar-refractivity contribution in [3.05, 3.63) is 57.4 Å². The number of aromatic nitrogens is 3. The van der Waals surface area contributed by atoms with E-state index in [0.717, 1.165) is 23.5 Å². The first-order valence-corrected chi connectivity index (χ1v) is 7.77. The minimum absolute atomic E-state index is 0.705. The smallest absolute Gasteiger partial charge is 0.117 e. The third-order valence-corrected chi connectivity index (χ3v) is 4.63. The van der Waals surface area contributed by atoms with Gasteiger partial charge in [-0.2, -0.15) is 15.4 Å². The average molecular weight is 298 g/mol. The summed E-state index contributed by atoms with van der Waals surface area (Å²) in [5.74, 6) is 0. The van der Waals surface area contributed by atoms with Crippen molar-refractivity contribution in [1.82, 2.24) is 20.7 Å². The molecule has 0 bridgehead atoms. The number of hydrogen-bond donors (Lipinski definition) is 2. The van der Waals surface area contributed by atoms with Crippen molar-refractivity contribution in [2.45, 2.75) is 26.9 Å². The Labute approximate surface area is 128 Å². The summed E-state index contributed by atoms with van der Waals surface area (Å²) in [6.07, 6.45) is 0. The van der Waals surface area contributed by atoms with Crippen LogP contribution >= 0.6 is 11.3 Å². The Morgan fingerprint density at radius 2 is 1.90 bits per heavy atom. The topological polar surface area (TPSA) is 53.6 Å². The van der Waals surface area contributed by atoms with Crippen LogP contribution in [0.15, 0.2) is 36.4 Å². The molecule has 0 aliphatic carbocycles. The largest absolute Gasteiger partial charge is 0.306 e. The molecule has 0 atom stereocenters. The van der Waals surface area contributed by atoms with E-state index in [1.807, 2.05) is 41.7 Å². The van der Waals surface area contributed by atoms with Gasteiger partial charge in [0, 0.05) is 28.4 Å². The Hall–Kier alpha value is -1.98. The van der Waals surface area contributed by atoms with E-state index in [-0.39, 0.29) is 0 Å². The van der Waals surface area contributed by atoms with E-state index >= 15 is 0 Å². The lowest BCUT2D eigenvalue weighted by Gasteiger charge is -2.02. The molecule has 1 aromatic carbocycles. The molecule has 0 saturated carbocycles. The molecule has 4 nitrogen and oxygen atoms in total. The summed E-state index contributed by atoms with van der Waals surface area (Å²) in [5, 5.41) is 14.7. The monoisotopic (exact) mass is 298 g/mol. The minimum atomic E-state index is 0.705. The fourth-order valence-corrected chi connectivity index (χ4v) is 3.27. The van der Waals surface area contributed by atoms with Crippen molar-refractivity contribution in [2.75, 3.05) is 0 Å². The van der Waals surface area contributed by atoms with Gasteiger partial charge in [-0.05, 0) is 25.5 Å². The molecule has 0 aliphatic heterocycles. The van der Waals surface area contributed by atoms with E-state index in [4.69, 9.17) is 0 Å². The number of thiophene rings is 1. The van der Waals surface area contributed by atoms with Crippen LogP contribution in [0.4, 0.5) is 0 Å². The van der Waals surface area contributed by atoms with Gasteiger partial charge in [-0.15, -0.1) is 11.3 Å². The maximum absolute atomic E-state index is 4.26. The lowest BCUT2D eigenvalue weighted by molar-refractivity contribution is 0.684. The first kappa shape index (κ1) is 14.0. The Balaban J connectivity index is 1.65. The van der Waals surface area contributed by atoms with Crippen LogP contribution in [-0.4, -0.2) is 15.4 Å². The van der Waals surface area contributed by atoms with Gasteiger partial charge in [-0.1, -0.05) is 30.3 Å². The molecule has 0 spiro atoms. The van der Waals surface area contributed by atoms with Gasteiger partial charge in [0.2, 0.25) is 0 Å². The predicted octanol–water partition coefficient (Wildman–Crippen LogP) is 3.44. The number of rotatable bonds is 5. The third kappa shape index (κ3) is 3.20. The number of aromatic amines is 1. The zero-order valence-corrected chi connectivity index (χ0v) is 13.0. The van der Waals surface area contributed by atoms with Crippen molar-refractivity contribution < 1.29 is 0 Å². The average Bonchev–Trinajstić information content (AvgIpc) is 3.08. The number of benzene rings is 1. The van der Waals surface area contributed by atoms with Crippen LogP contribution < -0.4 is 5.32 Å². The van der Waals surface area contributed by atoms with Crippen molar-refractivity contribution in [3.63, 3.8) is 0 Å². The zero-order chi connectivity index (χ0) is 14.7. The molecular formula is C16H18N4S. The van der Waals surface area contributed by atoms with E-state index in [0.29, 0.717) is 6.54 Å². The van der Waals surface area contributed by atoms with Gasteiger partial charge in [0.25, 0.3) is 0 Å². The second kappa shape index (κ2) is 6.20. The second-order valence-electron chi connectivity index (χ2n) is 5.04. The van der Waals surface area contributed by atoms with E-state index < -0.39 is 0 Å². The summed E-state index contributed by atoms with van der Waals surface area (Å²) >= 11 is 1.85. The maximum Gasteiger partial charge on any atom is 0.117 e. The fraction of sp³-hybridized carbons (Fsp3) is 0.250. The molecule has 0 saturated heterocycles. The molecule has 2 N–H and O–H groups in total. The van der Waals surface area contributed by atoms with Crippen LogP contribution in [0.3, 0.4) is 0 Å². The van der Waals surface area contributed by atoms with Crippen LogP contribution in [0.1, 0.15) is 21.0 Å². The molecule has 0 amide bonds. The first-order valence-electron chi connectivity index (χ1n) is 6.95. The van der Waals surface area contributed by atoms with Crippen molar-refractivity contribution in [2.24, 2.45) is 0 Å². The molecule has 0 fully saturated rings. The second-order valence-corrected chi connectivity index (χ2v) is 6.38. The highest BCUT2D eigenvalue weighted by Crippen LogP contribution is 2.21. The van der Waals surface area contributed by atoms with Crippen molar-refractivity contribution in [3.8, 4) is 11.3 Å². The Kier molecular flexibility index (Phi) is 4.13. The summed E-state index contributed by atoms with van der Waals surface area (Å²) < 4.78 is 0. The van der Waals surface area contributed by atoms with E-state index in [9.17, 15) is 0 Å². The Morgan fingerprint density at radius 1 is 1.10 bits per heavy atom. The highest BCUT2D eigenvalue weighted by molar-refractivity contribution is 7.12. The predicted molar refractivity (Wildman–Crippen MR) is 86.2 cm³/mol. The quantitative estimate of drug-likeness (QED) is 0.758. The van der Waals surface area contributed by atoms with Gasteiger partial charge >= 0.3 is 0 Å².